The number of aromatic nitrogens is 4. The zero-order valence-electron chi connectivity index (χ0n) is 18.5. The van der Waals surface area contributed by atoms with Crippen molar-refractivity contribution in [3.05, 3.63) is 46.5 Å². The Bertz CT molecular complexity index is 1200. The molecule has 162 valence electrons. The number of esters is 1. The van der Waals surface area contributed by atoms with Crippen LogP contribution < -0.4 is 0 Å². The van der Waals surface area contributed by atoms with Crippen molar-refractivity contribution in [1.82, 2.24) is 19.3 Å². The second-order valence-corrected chi connectivity index (χ2v) is 9.17. The molecule has 2 aliphatic rings. The van der Waals surface area contributed by atoms with Crippen LogP contribution in [0.25, 0.3) is 11.0 Å². The smallest absolute Gasteiger partial charge is 0.339 e. The average molecular weight is 421 g/mol. The minimum Gasteiger partial charge on any atom is -0.454 e. The normalized spacial score (nSPS) is 16.3. The molecular formula is C24H28N4O3. The number of rotatable bonds is 7. The first-order valence-corrected chi connectivity index (χ1v) is 11.1. The second-order valence-electron chi connectivity index (χ2n) is 9.17. The Morgan fingerprint density at radius 3 is 2.52 bits per heavy atom. The Balaban J connectivity index is 1.39. The fourth-order valence-electron chi connectivity index (χ4n) is 4.41. The summed E-state index contributed by atoms with van der Waals surface area (Å²) >= 11 is 0. The van der Waals surface area contributed by atoms with E-state index >= 15 is 0 Å². The quantitative estimate of drug-likeness (QED) is 0.409. The van der Waals surface area contributed by atoms with Crippen molar-refractivity contribution in [2.24, 2.45) is 0 Å². The van der Waals surface area contributed by atoms with Gasteiger partial charge < -0.3 is 9.30 Å². The standard InChI is InChI=1S/C24H28N4O3/c1-13(2)28-23-20(11-25-28)19(10-21(26-23)16-5-6-16)24(30)31-12-22(29)18-9-14(3)27(15(18)4)17-7-8-17/h9-11,13,16-17H,5-8,12H2,1-4H3. The van der Waals surface area contributed by atoms with Gasteiger partial charge in [-0.3, -0.25) is 4.79 Å². The van der Waals surface area contributed by atoms with Crippen molar-refractivity contribution >= 4 is 22.8 Å². The number of pyridine rings is 1. The van der Waals surface area contributed by atoms with Crippen LogP contribution in [0.15, 0.2) is 18.3 Å². The van der Waals surface area contributed by atoms with E-state index in [0.717, 1.165) is 42.8 Å². The molecule has 0 unspecified atom stereocenters. The first kappa shape index (κ1) is 20.0. The van der Waals surface area contributed by atoms with Crippen molar-refractivity contribution in [3.63, 3.8) is 0 Å². The van der Waals surface area contributed by atoms with Gasteiger partial charge in [0.05, 0.1) is 17.1 Å². The highest BCUT2D eigenvalue weighted by Crippen LogP contribution is 2.40. The van der Waals surface area contributed by atoms with Gasteiger partial charge in [0.2, 0.25) is 5.78 Å². The van der Waals surface area contributed by atoms with Crippen molar-refractivity contribution < 1.29 is 14.3 Å². The van der Waals surface area contributed by atoms with E-state index in [1.807, 2.05) is 44.5 Å². The summed E-state index contributed by atoms with van der Waals surface area (Å²) in [5, 5.41) is 5.09. The highest BCUT2D eigenvalue weighted by Gasteiger charge is 2.30. The van der Waals surface area contributed by atoms with E-state index in [1.165, 1.54) is 0 Å². The largest absolute Gasteiger partial charge is 0.454 e. The molecule has 7 nitrogen and oxygen atoms in total. The van der Waals surface area contributed by atoms with Crippen molar-refractivity contribution in [1.29, 1.82) is 0 Å². The van der Waals surface area contributed by atoms with Crippen LogP contribution in [0, 0.1) is 13.8 Å². The number of carbonyl (C=O) groups is 2. The van der Waals surface area contributed by atoms with Crippen LogP contribution in [0.4, 0.5) is 0 Å². The maximum absolute atomic E-state index is 13.0. The van der Waals surface area contributed by atoms with Gasteiger partial charge in [0.15, 0.2) is 12.3 Å². The predicted molar refractivity (Wildman–Crippen MR) is 117 cm³/mol. The Hall–Kier alpha value is -2.96. The Labute approximate surface area is 181 Å². The Morgan fingerprint density at radius 2 is 1.87 bits per heavy atom. The molecule has 2 aliphatic carbocycles. The minimum atomic E-state index is -0.498. The van der Waals surface area contributed by atoms with E-state index in [2.05, 4.69) is 9.67 Å². The molecule has 3 aromatic rings. The molecule has 0 aliphatic heterocycles. The van der Waals surface area contributed by atoms with E-state index in [1.54, 1.807) is 6.20 Å². The lowest BCUT2D eigenvalue weighted by Crippen LogP contribution is -2.16. The monoisotopic (exact) mass is 420 g/mol. The first-order chi connectivity index (χ1) is 14.8. The number of hydrogen-bond donors (Lipinski definition) is 0. The van der Waals surface area contributed by atoms with Gasteiger partial charge in [-0.1, -0.05) is 0 Å². The van der Waals surface area contributed by atoms with E-state index in [9.17, 15) is 9.59 Å². The third-order valence-electron chi connectivity index (χ3n) is 6.32. The van der Waals surface area contributed by atoms with Crippen LogP contribution >= 0.6 is 0 Å². The molecular weight excluding hydrogens is 392 g/mol. The summed E-state index contributed by atoms with van der Waals surface area (Å²) < 4.78 is 9.55. The van der Waals surface area contributed by atoms with Crippen LogP contribution in [-0.4, -0.2) is 37.7 Å². The number of ether oxygens (including phenoxy) is 1. The van der Waals surface area contributed by atoms with Gasteiger partial charge in [-0.25, -0.2) is 14.5 Å². The molecule has 31 heavy (non-hydrogen) atoms. The Kier molecular flexibility index (Phi) is 4.72. The molecule has 0 aromatic carbocycles. The maximum atomic E-state index is 13.0. The van der Waals surface area contributed by atoms with Crippen molar-refractivity contribution in [3.8, 4) is 0 Å². The number of hydrogen-bond acceptors (Lipinski definition) is 5. The van der Waals surface area contributed by atoms with Gasteiger partial charge in [0, 0.05) is 40.6 Å². The second kappa shape index (κ2) is 7.32. The van der Waals surface area contributed by atoms with Crippen LogP contribution in [0.1, 0.15) is 95.3 Å². The summed E-state index contributed by atoms with van der Waals surface area (Å²) in [6, 6.07) is 4.36. The lowest BCUT2D eigenvalue weighted by atomic mass is 10.1. The summed E-state index contributed by atoms with van der Waals surface area (Å²) in [6.45, 7) is 7.79. The third-order valence-corrected chi connectivity index (χ3v) is 6.32. The molecule has 7 heteroatoms. The third kappa shape index (κ3) is 3.56. The fourth-order valence-corrected chi connectivity index (χ4v) is 4.41. The number of ketones is 1. The van der Waals surface area contributed by atoms with Crippen LogP contribution in [0.2, 0.25) is 0 Å². The van der Waals surface area contributed by atoms with Crippen LogP contribution in [-0.2, 0) is 4.74 Å². The molecule has 2 fully saturated rings. The zero-order chi connectivity index (χ0) is 21.9. The molecule has 0 saturated heterocycles. The van der Waals surface area contributed by atoms with Gasteiger partial charge in [-0.2, -0.15) is 5.10 Å². The van der Waals surface area contributed by atoms with Gasteiger partial charge in [-0.05, 0) is 65.5 Å². The summed E-state index contributed by atoms with van der Waals surface area (Å²) in [7, 11) is 0. The molecule has 0 bridgehead atoms. The van der Waals surface area contributed by atoms with E-state index in [-0.39, 0.29) is 18.4 Å². The predicted octanol–water partition coefficient (Wildman–Crippen LogP) is 4.68. The summed E-state index contributed by atoms with van der Waals surface area (Å²) in [4.78, 5) is 30.6. The zero-order valence-corrected chi connectivity index (χ0v) is 18.5. The average Bonchev–Trinajstić information content (AvgIpc) is 3.66. The molecule has 2 saturated carbocycles. The van der Waals surface area contributed by atoms with E-state index in [0.29, 0.717) is 34.1 Å². The van der Waals surface area contributed by atoms with Crippen LogP contribution in [0.3, 0.4) is 0 Å². The number of aryl methyl sites for hydroxylation is 1. The van der Waals surface area contributed by atoms with Gasteiger partial charge in [0.25, 0.3) is 0 Å². The molecule has 0 N–H and O–H groups in total. The van der Waals surface area contributed by atoms with Gasteiger partial charge in [-0.15, -0.1) is 0 Å². The molecule has 0 radical (unpaired) electrons. The molecule has 3 aromatic heterocycles. The summed E-state index contributed by atoms with van der Waals surface area (Å²) in [6.07, 6.45) is 6.14. The molecule has 0 atom stereocenters. The highest BCUT2D eigenvalue weighted by atomic mass is 16.5. The minimum absolute atomic E-state index is 0.131. The SMILES string of the molecule is Cc1cc(C(=O)COC(=O)c2cc(C3CC3)nc3c2cnn3C(C)C)c(C)n1C1CC1. The van der Waals surface area contributed by atoms with Crippen molar-refractivity contribution in [2.75, 3.05) is 6.61 Å². The Morgan fingerprint density at radius 1 is 1.13 bits per heavy atom. The molecule has 5 rings (SSSR count). The summed E-state index contributed by atoms with van der Waals surface area (Å²) in [5.74, 6) is -0.276. The highest BCUT2D eigenvalue weighted by molar-refractivity contribution is 6.05. The lowest BCUT2D eigenvalue weighted by molar-refractivity contribution is 0.0476. The summed E-state index contributed by atoms with van der Waals surface area (Å²) in [5.41, 5.74) is 4.73. The number of carbonyl (C=O) groups excluding carboxylic acids is 2. The molecule has 0 amide bonds. The molecule has 0 spiro atoms. The lowest BCUT2D eigenvalue weighted by Gasteiger charge is -2.10. The van der Waals surface area contributed by atoms with E-state index in [4.69, 9.17) is 9.72 Å². The molecule has 3 heterocycles. The van der Waals surface area contributed by atoms with Crippen molar-refractivity contribution in [2.45, 2.75) is 71.4 Å². The number of nitrogens with zero attached hydrogens (tertiary/aromatic N) is 4. The number of fused-ring (bicyclic) bond motifs is 1. The van der Waals surface area contributed by atoms with Gasteiger partial charge in [0.1, 0.15) is 0 Å². The topological polar surface area (TPSA) is 79.0 Å². The van der Waals surface area contributed by atoms with E-state index < -0.39 is 5.97 Å². The fraction of sp³-hybridized carbons (Fsp3) is 0.500. The first-order valence-electron chi connectivity index (χ1n) is 11.1. The van der Waals surface area contributed by atoms with Crippen LogP contribution in [0.5, 0.6) is 0 Å². The number of Topliss-reactive ketones (excluding diaryl/α,β-unsaturated/α-hetero) is 1. The van der Waals surface area contributed by atoms with Gasteiger partial charge >= 0.3 is 5.97 Å². The maximum Gasteiger partial charge on any atom is 0.339 e.